The van der Waals surface area contributed by atoms with Gasteiger partial charge in [-0.05, 0) is 23.3 Å². The molecule has 1 N–H and O–H groups in total. The van der Waals surface area contributed by atoms with Gasteiger partial charge in [0.05, 0.1) is 18.0 Å². The lowest BCUT2D eigenvalue weighted by Crippen LogP contribution is -2.21. The number of imidazole rings is 1. The molecule has 2 aromatic carbocycles. The molecule has 0 aliphatic carbocycles. The number of aromatic nitrogens is 2. The smallest absolute Gasteiger partial charge is 0.140 e. The third-order valence-corrected chi connectivity index (χ3v) is 5.69. The molecule has 0 radical (unpaired) electrons. The fraction of sp³-hybridized carbons (Fsp3) is 0.273. The van der Waals surface area contributed by atoms with E-state index in [-0.39, 0.29) is 12.3 Å². The van der Waals surface area contributed by atoms with E-state index in [1.165, 1.54) is 16.8 Å². The lowest BCUT2D eigenvalue weighted by Gasteiger charge is -2.08. The number of epoxide rings is 1. The predicted octanol–water partition coefficient (Wildman–Crippen LogP) is 3.72. The van der Waals surface area contributed by atoms with Gasteiger partial charge >= 0.3 is 0 Å². The zero-order valence-electron chi connectivity index (χ0n) is 15.5. The minimum absolute atomic E-state index is 0.143. The highest BCUT2D eigenvalue weighted by Gasteiger charge is 2.39. The third kappa shape index (κ3) is 4.82. The van der Waals surface area contributed by atoms with Crippen molar-refractivity contribution in [2.24, 2.45) is 0 Å². The molecule has 142 valence electrons. The minimum atomic E-state index is 0.143. The van der Waals surface area contributed by atoms with Gasteiger partial charge in [-0.25, -0.2) is 4.98 Å². The van der Waals surface area contributed by atoms with Crippen molar-refractivity contribution in [2.45, 2.75) is 24.6 Å². The number of rotatable bonds is 9. The van der Waals surface area contributed by atoms with Crippen LogP contribution in [-0.4, -0.2) is 28.1 Å². The van der Waals surface area contributed by atoms with E-state index >= 15 is 0 Å². The van der Waals surface area contributed by atoms with Crippen molar-refractivity contribution in [1.82, 2.24) is 14.9 Å². The Morgan fingerprint density at radius 2 is 1.96 bits per heavy atom. The topological polar surface area (TPSA) is 66.2 Å². The number of hydrogen-bond donors (Lipinski definition) is 1. The van der Waals surface area contributed by atoms with E-state index in [9.17, 15) is 0 Å². The van der Waals surface area contributed by atoms with Crippen LogP contribution in [0.1, 0.15) is 28.5 Å². The van der Waals surface area contributed by atoms with Crippen LogP contribution in [0.25, 0.3) is 0 Å². The Hall–Kier alpha value is -2.59. The minimum Gasteiger partial charge on any atom is -0.348 e. The van der Waals surface area contributed by atoms with E-state index in [1.54, 1.807) is 0 Å². The zero-order valence-corrected chi connectivity index (χ0v) is 16.3. The van der Waals surface area contributed by atoms with Crippen LogP contribution in [0.4, 0.5) is 0 Å². The fourth-order valence-electron chi connectivity index (χ4n) is 3.11. The summed E-state index contributed by atoms with van der Waals surface area (Å²) < 4.78 is 7.87. The molecule has 2 unspecified atom stereocenters. The van der Waals surface area contributed by atoms with Gasteiger partial charge in [-0.3, -0.25) is 5.32 Å². The third-order valence-electron chi connectivity index (χ3n) is 4.70. The van der Waals surface area contributed by atoms with Gasteiger partial charge in [0.2, 0.25) is 0 Å². The van der Waals surface area contributed by atoms with Crippen LogP contribution in [0.5, 0.6) is 0 Å². The zero-order chi connectivity index (χ0) is 19.2. The molecule has 2 atom stereocenters. The van der Waals surface area contributed by atoms with Crippen molar-refractivity contribution in [2.75, 3.05) is 12.3 Å². The molecule has 1 fully saturated rings. The summed E-state index contributed by atoms with van der Waals surface area (Å²) in [5, 5.41) is 12.4. The van der Waals surface area contributed by atoms with Crippen molar-refractivity contribution in [1.29, 1.82) is 5.26 Å². The van der Waals surface area contributed by atoms with Gasteiger partial charge in [0.25, 0.3) is 0 Å². The van der Waals surface area contributed by atoms with Gasteiger partial charge in [0.15, 0.2) is 0 Å². The lowest BCUT2D eigenvalue weighted by molar-refractivity contribution is 0.350. The van der Waals surface area contributed by atoms with E-state index in [0.717, 1.165) is 24.6 Å². The SMILES string of the molecule is N#Cc1ccc(Cn2cncc2CSCCNC2OC2c2ccccc2)cc1. The molecule has 2 heterocycles. The highest BCUT2D eigenvalue weighted by Crippen LogP contribution is 2.36. The van der Waals surface area contributed by atoms with Crippen molar-refractivity contribution in [3.63, 3.8) is 0 Å². The molecule has 0 bridgehead atoms. The number of nitrogens with zero attached hydrogens (tertiary/aromatic N) is 3. The molecule has 1 saturated heterocycles. The molecule has 0 spiro atoms. The summed E-state index contributed by atoms with van der Waals surface area (Å²) >= 11 is 1.89. The number of nitrogens with one attached hydrogen (secondary N) is 1. The molecule has 0 saturated carbocycles. The average molecular weight is 391 g/mol. The first kappa shape index (κ1) is 18.8. The summed E-state index contributed by atoms with van der Waals surface area (Å²) in [5.74, 6) is 1.94. The molecular weight excluding hydrogens is 368 g/mol. The number of ether oxygens (including phenoxy) is 1. The maximum Gasteiger partial charge on any atom is 0.140 e. The van der Waals surface area contributed by atoms with Crippen LogP contribution >= 0.6 is 11.8 Å². The molecule has 28 heavy (non-hydrogen) atoms. The summed E-state index contributed by atoms with van der Waals surface area (Å²) in [5.41, 5.74) is 4.30. The summed E-state index contributed by atoms with van der Waals surface area (Å²) in [4.78, 5) is 4.29. The fourth-order valence-corrected chi connectivity index (χ4v) is 3.96. The Kier molecular flexibility index (Phi) is 6.07. The lowest BCUT2D eigenvalue weighted by atomic mass is 10.1. The number of nitriles is 1. The van der Waals surface area contributed by atoms with Gasteiger partial charge in [-0.2, -0.15) is 17.0 Å². The quantitative estimate of drug-likeness (QED) is 0.445. The van der Waals surface area contributed by atoms with Crippen LogP contribution in [-0.2, 0) is 17.0 Å². The second kappa shape index (κ2) is 9.07. The first-order chi connectivity index (χ1) is 13.8. The highest BCUT2D eigenvalue weighted by atomic mass is 32.2. The summed E-state index contributed by atoms with van der Waals surface area (Å²) in [7, 11) is 0. The molecule has 5 nitrogen and oxygen atoms in total. The largest absolute Gasteiger partial charge is 0.348 e. The first-order valence-corrected chi connectivity index (χ1v) is 10.5. The van der Waals surface area contributed by atoms with Crippen molar-refractivity contribution in [3.05, 3.63) is 89.5 Å². The van der Waals surface area contributed by atoms with E-state index in [2.05, 4.69) is 33.1 Å². The molecule has 3 aromatic rings. The molecule has 1 aromatic heterocycles. The second-order valence-electron chi connectivity index (χ2n) is 6.72. The molecule has 1 aliphatic heterocycles. The van der Waals surface area contributed by atoms with E-state index in [1.807, 2.05) is 66.8 Å². The Balaban J connectivity index is 1.18. The number of benzene rings is 2. The Morgan fingerprint density at radius 3 is 2.75 bits per heavy atom. The molecular formula is C22H22N4OS. The summed E-state index contributed by atoms with van der Waals surface area (Å²) in [6, 6.07) is 20.2. The summed E-state index contributed by atoms with van der Waals surface area (Å²) in [6.45, 7) is 1.69. The number of thioether (sulfide) groups is 1. The van der Waals surface area contributed by atoms with Crippen molar-refractivity contribution < 1.29 is 4.74 Å². The Labute approximate surface area is 169 Å². The molecule has 4 rings (SSSR count). The van der Waals surface area contributed by atoms with Crippen LogP contribution < -0.4 is 5.32 Å². The van der Waals surface area contributed by atoms with Gasteiger partial charge in [-0.1, -0.05) is 42.5 Å². The van der Waals surface area contributed by atoms with Gasteiger partial charge in [-0.15, -0.1) is 0 Å². The van der Waals surface area contributed by atoms with Crippen LogP contribution in [0.15, 0.2) is 67.1 Å². The number of hydrogen-bond acceptors (Lipinski definition) is 5. The van der Waals surface area contributed by atoms with E-state index in [0.29, 0.717) is 5.56 Å². The van der Waals surface area contributed by atoms with Crippen LogP contribution in [0, 0.1) is 11.3 Å². The predicted molar refractivity (Wildman–Crippen MR) is 111 cm³/mol. The van der Waals surface area contributed by atoms with Crippen molar-refractivity contribution in [3.8, 4) is 6.07 Å². The standard InChI is InChI=1S/C22H22N4OS/c23-12-17-6-8-18(9-7-17)14-26-16-24-13-20(26)15-28-11-10-25-22-21(27-22)19-4-2-1-3-5-19/h1-9,13,16,21-22,25H,10-11,14-15H2. The summed E-state index contributed by atoms with van der Waals surface area (Å²) in [6.07, 6.45) is 4.14. The average Bonchev–Trinajstić information content (AvgIpc) is 3.39. The Morgan fingerprint density at radius 1 is 1.14 bits per heavy atom. The highest BCUT2D eigenvalue weighted by molar-refractivity contribution is 7.98. The van der Waals surface area contributed by atoms with E-state index in [4.69, 9.17) is 10.00 Å². The van der Waals surface area contributed by atoms with Crippen LogP contribution in [0.3, 0.4) is 0 Å². The molecule has 6 heteroatoms. The normalized spacial score (nSPS) is 18.0. The maximum atomic E-state index is 8.90. The molecule has 0 amide bonds. The van der Waals surface area contributed by atoms with Gasteiger partial charge in [0.1, 0.15) is 12.3 Å². The van der Waals surface area contributed by atoms with Gasteiger partial charge in [0, 0.05) is 36.5 Å². The molecule has 1 aliphatic rings. The van der Waals surface area contributed by atoms with Gasteiger partial charge < -0.3 is 9.30 Å². The second-order valence-corrected chi connectivity index (χ2v) is 7.82. The van der Waals surface area contributed by atoms with Crippen LogP contribution in [0.2, 0.25) is 0 Å². The first-order valence-electron chi connectivity index (χ1n) is 9.33. The Bertz CT molecular complexity index is 933. The maximum absolute atomic E-state index is 8.90. The monoisotopic (exact) mass is 390 g/mol. The van der Waals surface area contributed by atoms with E-state index < -0.39 is 0 Å². The van der Waals surface area contributed by atoms with Crippen molar-refractivity contribution >= 4 is 11.8 Å².